The summed E-state index contributed by atoms with van der Waals surface area (Å²) >= 11 is 0. The molecule has 0 amide bonds. The molecule has 0 aliphatic carbocycles. The molecule has 0 aromatic heterocycles. The number of hydrogen-bond acceptors (Lipinski definition) is 2. The van der Waals surface area contributed by atoms with Gasteiger partial charge in [0.15, 0.2) is 0 Å². The summed E-state index contributed by atoms with van der Waals surface area (Å²) in [6.07, 6.45) is 6.18. The van der Waals surface area contributed by atoms with Gasteiger partial charge in [-0.1, -0.05) is 54.6 Å². The van der Waals surface area contributed by atoms with Crippen molar-refractivity contribution in [2.75, 3.05) is 13.3 Å². The van der Waals surface area contributed by atoms with Crippen LogP contribution < -0.4 is 5.73 Å². The average molecular weight is 343 g/mol. The smallest absolute Gasteiger partial charge is 0.0912 e. The van der Waals surface area contributed by atoms with Gasteiger partial charge in [0.05, 0.1) is 13.3 Å². The maximum atomic E-state index is 12.5. The summed E-state index contributed by atoms with van der Waals surface area (Å²) < 4.78 is 12.5. The van der Waals surface area contributed by atoms with E-state index < -0.39 is 12.2 Å². The van der Waals surface area contributed by atoms with Crippen molar-refractivity contribution in [3.8, 4) is 0 Å². The van der Waals surface area contributed by atoms with Gasteiger partial charge in [0.25, 0.3) is 0 Å². The molecule has 0 aliphatic rings. The van der Waals surface area contributed by atoms with Crippen molar-refractivity contribution in [3.63, 3.8) is 0 Å². The number of aryl methyl sites for hydroxylation is 3. The zero-order valence-corrected chi connectivity index (χ0v) is 15.0. The van der Waals surface area contributed by atoms with Crippen molar-refractivity contribution in [2.24, 2.45) is 5.73 Å². The largest absolute Gasteiger partial charge is 0.394 e. The number of alkyl halides is 1. The van der Waals surface area contributed by atoms with Crippen LogP contribution in [0.4, 0.5) is 4.39 Å². The van der Waals surface area contributed by atoms with E-state index in [1.807, 2.05) is 0 Å². The monoisotopic (exact) mass is 343 g/mol. The second-order valence-electron chi connectivity index (χ2n) is 6.97. The van der Waals surface area contributed by atoms with Crippen molar-refractivity contribution < 1.29 is 9.50 Å². The molecule has 3 N–H and O–H groups in total. The Morgan fingerprint density at radius 3 is 1.80 bits per heavy atom. The van der Waals surface area contributed by atoms with E-state index in [4.69, 9.17) is 5.73 Å². The van der Waals surface area contributed by atoms with Crippen molar-refractivity contribution in [1.82, 2.24) is 0 Å². The van der Waals surface area contributed by atoms with E-state index in [1.165, 1.54) is 29.5 Å². The molecule has 1 atom stereocenters. The molecular weight excluding hydrogens is 313 g/mol. The van der Waals surface area contributed by atoms with Crippen LogP contribution in [0.2, 0.25) is 0 Å². The molecule has 25 heavy (non-hydrogen) atoms. The zero-order chi connectivity index (χ0) is 18.0. The summed E-state index contributed by atoms with van der Waals surface area (Å²) in [5.74, 6) is 0. The van der Waals surface area contributed by atoms with E-state index in [2.05, 4.69) is 54.6 Å². The van der Waals surface area contributed by atoms with E-state index in [-0.39, 0.29) is 13.0 Å². The highest BCUT2D eigenvalue weighted by Gasteiger charge is 2.23. The number of nitrogens with two attached hydrogens (primary N) is 1. The first kappa shape index (κ1) is 19.6. The number of aliphatic hydroxyl groups excluding tert-OH is 1. The minimum atomic E-state index is -0.801. The Balaban J connectivity index is 1.72. The Morgan fingerprint density at radius 1 is 0.760 bits per heavy atom. The van der Waals surface area contributed by atoms with Crippen molar-refractivity contribution in [2.45, 2.75) is 50.5 Å². The van der Waals surface area contributed by atoms with E-state index >= 15 is 0 Å². The molecule has 2 rings (SSSR count). The van der Waals surface area contributed by atoms with Gasteiger partial charge in [0.2, 0.25) is 0 Å². The molecule has 0 bridgehead atoms. The zero-order valence-electron chi connectivity index (χ0n) is 15.0. The normalized spacial score (nSPS) is 13.6. The number of hydrogen-bond donors (Lipinski definition) is 2. The van der Waals surface area contributed by atoms with Gasteiger partial charge >= 0.3 is 0 Å². The number of unbranched alkanes of at least 4 members (excludes halogenated alkanes) is 1. The third-order valence-electron chi connectivity index (χ3n) is 4.87. The summed E-state index contributed by atoms with van der Waals surface area (Å²) in [5, 5.41) is 9.35. The first-order chi connectivity index (χ1) is 12.1. The lowest BCUT2D eigenvalue weighted by molar-refractivity contribution is 0.169. The van der Waals surface area contributed by atoms with E-state index in [1.54, 1.807) is 0 Å². The van der Waals surface area contributed by atoms with Gasteiger partial charge in [-0.15, -0.1) is 0 Å². The van der Waals surface area contributed by atoms with Crippen molar-refractivity contribution >= 4 is 0 Å². The van der Waals surface area contributed by atoms with Crippen LogP contribution in [0.15, 0.2) is 54.6 Å². The maximum absolute atomic E-state index is 12.5. The fraction of sp³-hybridized carbons (Fsp3) is 0.455. The van der Waals surface area contributed by atoms with Crippen LogP contribution >= 0.6 is 0 Å². The van der Waals surface area contributed by atoms with Crippen LogP contribution in [-0.2, 0) is 19.3 Å². The molecule has 0 aliphatic heterocycles. The van der Waals surface area contributed by atoms with Crippen LogP contribution in [0.1, 0.15) is 42.4 Å². The topological polar surface area (TPSA) is 46.2 Å². The molecule has 0 heterocycles. The Morgan fingerprint density at radius 2 is 1.28 bits per heavy atom. The fourth-order valence-electron chi connectivity index (χ4n) is 3.04. The summed E-state index contributed by atoms with van der Waals surface area (Å²) in [6.45, 7) is -0.657. The number of benzene rings is 2. The summed E-state index contributed by atoms with van der Waals surface area (Å²) in [7, 11) is 0. The highest BCUT2D eigenvalue weighted by molar-refractivity contribution is 5.23. The van der Waals surface area contributed by atoms with E-state index in [0.717, 1.165) is 19.3 Å². The third kappa shape index (κ3) is 6.97. The van der Waals surface area contributed by atoms with Gasteiger partial charge in [0, 0.05) is 5.54 Å². The summed E-state index contributed by atoms with van der Waals surface area (Å²) in [6, 6.07) is 19.2. The lowest BCUT2D eigenvalue weighted by Gasteiger charge is -2.26. The molecule has 0 radical (unpaired) electrons. The summed E-state index contributed by atoms with van der Waals surface area (Å²) in [4.78, 5) is 0. The van der Waals surface area contributed by atoms with Crippen LogP contribution in [-0.4, -0.2) is 23.9 Å². The molecule has 136 valence electrons. The first-order valence-electron chi connectivity index (χ1n) is 9.23. The highest BCUT2D eigenvalue weighted by Crippen LogP contribution is 2.17. The minimum absolute atomic E-state index is 0.170. The standard InChI is InChI=1S/C22H30FNO/c23-17-16-22(24,18-25)15-14-21-12-10-20(11-13-21)9-5-4-8-19-6-2-1-3-7-19/h1-3,6-7,10-13,25H,4-5,8-9,14-18,24H2. The van der Waals surface area contributed by atoms with Gasteiger partial charge < -0.3 is 10.8 Å². The molecule has 2 nitrogen and oxygen atoms in total. The Labute approximate surface area is 150 Å². The molecule has 1 unspecified atom stereocenters. The quantitative estimate of drug-likeness (QED) is 0.600. The minimum Gasteiger partial charge on any atom is -0.394 e. The van der Waals surface area contributed by atoms with Crippen LogP contribution in [0, 0.1) is 0 Å². The van der Waals surface area contributed by atoms with Crippen LogP contribution in [0.3, 0.4) is 0 Å². The molecule has 3 heteroatoms. The molecule has 0 saturated heterocycles. The molecule has 0 saturated carbocycles. The van der Waals surface area contributed by atoms with Gasteiger partial charge in [0.1, 0.15) is 0 Å². The van der Waals surface area contributed by atoms with E-state index in [9.17, 15) is 9.50 Å². The lowest BCUT2D eigenvalue weighted by atomic mass is 9.90. The molecule has 0 fully saturated rings. The fourth-order valence-corrected chi connectivity index (χ4v) is 3.04. The SMILES string of the molecule is NC(CO)(CCF)CCc1ccc(CCCCc2ccccc2)cc1. The second kappa shape index (κ2) is 10.3. The predicted molar refractivity (Wildman–Crippen MR) is 102 cm³/mol. The van der Waals surface area contributed by atoms with E-state index in [0.29, 0.717) is 6.42 Å². The first-order valence-corrected chi connectivity index (χ1v) is 9.23. The maximum Gasteiger partial charge on any atom is 0.0912 e. The van der Waals surface area contributed by atoms with Gasteiger partial charge in [-0.2, -0.15) is 0 Å². The predicted octanol–water partition coefficient (Wildman–Crippen LogP) is 4.23. The number of halogens is 1. The highest BCUT2D eigenvalue weighted by atomic mass is 19.1. The Bertz CT molecular complexity index is 599. The average Bonchev–Trinajstić information content (AvgIpc) is 2.66. The van der Waals surface area contributed by atoms with Crippen molar-refractivity contribution in [3.05, 3.63) is 71.3 Å². The Hall–Kier alpha value is -1.71. The molecule has 2 aromatic carbocycles. The van der Waals surface area contributed by atoms with Crippen LogP contribution in [0.25, 0.3) is 0 Å². The second-order valence-corrected chi connectivity index (χ2v) is 6.97. The van der Waals surface area contributed by atoms with Gasteiger partial charge in [-0.25, -0.2) is 0 Å². The van der Waals surface area contributed by atoms with Crippen molar-refractivity contribution in [1.29, 1.82) is 0 Å². The molecule has 2 aromatic rings. The lowest BCUT2D eigenvalue weighted by Crippen LogP contribution is -2.44. The third-order valence-corrected chi connectivity index (χ3v) is 4.87. The Kier molecular flexibility index (Phi) is 8.10. The molecule has 0 spiro atoms. The summed E-state index contributed by atoms with van der Waals surface area (Å²) in [5.41, 5.74) is 9.17. The van der Waals surface area contributed by atoms with Crippen LogP contribution in [0.5, 0.6) is 0 Å². The van der Waals surface area contributed by atoms with Gasteiger partial charge in [-0.3, -0.25) is 4.39 Å². The number of rotatable bonds is 11. The van der Waals surface area contributed by atoms with Gasteiger partial charge in [-0.05, 0) is 61.6 Å². The molecular formula is C22H30FNO. The number of aliphatic hydroxyl groups is 1.